The maximum Gasteiger partial charge on any atom is 0.274 e. The van der Waals surface area contributed by atoms with Gasteiger partial charge in [-0.2, -0.15) is 0 Å². The first kappa shape index (κ1) is 19.1. The van der Waals surface area contributed by atoms with Crippen LogP contribution in [-0.4, -0.2) is 10.6 Å². The molecular formula is C21H16Cl2N4O2. The van der Waals surface area contributed by atoms with Crippen LogP contribution >= 0.6 is 23.2 Å². The van der Waals surface area contributed by atoms with E-state index in [9.17, 15) is 4.79 Å². The second-order valence-corrected chi connectivity index (χ2v) is 7.16. The summed E-state index contributed by atoms with van der Waals surface area (Å²) in [4.78, 5) is 13.0. The number of para-hydroxylation sites is 1. The smallest absolute Gasteiger partial charge is 0.274 e. The van der Waals surface area contributed by atoms with Gasteiger partial charge in [0.25, 0.3) is 5.91 Å². The molecule has 4 N–H and O–H groups in total. The van der Waals surface area contributed by atoms with Gasteiger partial charge in [0.2, 0.25) is 0 Å². The van der Waals surface area contributed by atoms with Crippen molar-refractivity contribution in [3.63, 3.8) is 0 Å². The van der Waals surface area contributed by atoms with E-state index in [2.05, 4.69) is 0 Å². The third-order valence-corrected chi connectivity index (χ3v) is 4.97. The molecule has 1 amide bonds. The van der Waals surface area contributed by atoms with Crippen molar-refractivity contribution >= 4 is 45.7 Å². The Labute approximate surface area is 176 Å². The number of anilines is 1. The van der Waals surface area contributed by atoms with Gasteiger partial charge < -0.3 is 10.6 Å². The summed E-state index contributed by atoms with van der Waals surface area (Å²) in [6.07, 6.45) is 1.68. The molecule has 4 rings (SSSR count). The number of carbonyl (C=O) groups is 1. The Kier molecular flexibility index (Phi) is 5.07. The highest BCUT2D eigenvalue weighted by molar-refractivity contribution is 6.32. The molecule has 146 valence electrons. The van der Waals surface area contributed by atoms with E-state index in [1.54, 1.807) is 60.8 Å². The quantitative estimate of drug-likeness (QED) is 0.273. The van der Waals surface area contributed by atoms with Crippen LogP contribution in [0.3, 0.4) is 0 Å². The lowest BCUT2D eigenvalue weighted by atomic mass is 10.1. The van der Waals surface area contributed by atoms with Crippen molar-refractivity contribution in [1.29, 1.82) is 0 Å². The van der Waals surface area contributed by atoms with Crippen molar-refractivity contribution in [3.05, 3.63) is 88.5 Å². The Morgan fingerprint density at radius 3 is 2.48 bits per heavy atom. The van der Waals surface area contributed by atoms with Crippen molar-refractivity contribution in [2.45, 2.75) is 0 Å². The van der Waals surface area contributed by atoms with E-state index in [1.165, 1.54) is 4.68 Å². The molecule has 8 heteroatoms. The Morgan fingerprint density at radius 2 is 1.76 bits per heavy atom. The van der Waals surface area contributed by atoms with Crippen molar-refractivity contribution < 1.29 is 9.53 Å². The maximum atomic E-state index is 13.0. The molecular weight excluding hydrogens is 411 g/mol. The summed E-state index contributed by atoms with van der Waals surface area (Å²) >= 11 is 12.2. The van der Waals surface area contributed by atoms with E-state index in [0.29, 0.717) is 38.3 Å². The van der Waals surface area contributed by atoms with Gasteiger partial charge in [0.15, 0.2) is 0 Å². The molecule has 0 aliphatic heterocycles. The first-order valence-corrected chi connectivity index (χ1v) is 9.37. The highest BCUT2D eigenvalue weighted by Gasteiger charge is 2.20. The van der Waals surface area contributed by atoms with E-state index >= 15 is 0 Å². The average Bonchev–Trinajstić information content (AvgIpc) is 3.11. The van der Waals surface area contributed by atoms with Crippen LogP contribution in [0, 0.1) is 0 Å². The lowest BCUT2D eigenvalue weighted by Crippen LogP contribution is -2.37. The van der Waals surface area contributed by atoms with Crippen LogP contribution < -0.4 is 21.4 Å². The molecule has 0 atom stereocenters. The van der Waals surface area contributed by atoms with Crippen LogP contribution in [0.4, 0.5) is 5.69 Å². The van der Waals surface area contributed by atoms with Crippen LogP contribution in [0.15, 0.2) is 72.9 Å². The molecule has 0 fully saturated rings. The number of hydrogen-bond acceptors (Lipinski definition) is 4. The highest BCUT2D eigenvalue weighted by atomic mass is 35.5. The number of fused-ring (bicyclic) bond motifs is 1. The number of aromatic nitrogens is 1. The summed E-state index contributed by atoms with van der Waals surface area (Å²) in [5, 5.41) is 2.78. The Hall–Kier alpha value is -3.19. The SMILES string of the molecule is NN(C(=O)c1cccc2ccn(N)c12)c1ccc(Oc2ccc(Cl)cc2)c(Cl)c1. The molecule has 1 aromatic heterocycles. The van der Waals surface area contributed by atoms with Crippen LogP contribution in [0.5, 0.6) is 11.5 Å². The number of halogens is 2. The monoisotopic (exact) mass is 426 g/mol. The Bertz CT molecular complexity index is 1210. The van der Waals surface area contributed by atoms with Gasteiger partial charge in [0, 0.05) is 16.6 Å². The van der Waals surface area contributed by atoms with Crippen LogP contribution in [-0.2, 0) is 0 Å². The minimum absolute atomic E-state index is 0.307. The Balaban J connectivity index is 1.60. The second-order valence-electron chi connectivity index (χ2n) is 6.31. The zero-order valence-corrected chi connectivity index (χ0v) is 16.6. The largest absolute Gasteiger partial charge is 0.456 e. The number of hydrazine groups is 1. The molecule has 29 heavy (non-hydrogen) atoms. The van der Waals surface area contributed by atoms with Gasteiger partial charge in [-0.15, -0.1) is 0 Å². The molecule has 0 aliphatic carbocycles. The number of amides is 1. The van der Waals surface area contributed by atoms with Crippen molar-refractivity contribution in [1.82, 2.24) is 4.68 Å². The summed E-state index contributed by atoms with van der Waals surface area (Å²) < 4.78 is 7.15. The lowest BCUT2D eigenvalue weighted by molar-refractivity contribution is 0.0988. The molecule has 0 saturated heterocycles. The summed E-state index contributed by atoms with van der Waals surface area (Å²) in [5.41, 5.74) is 1.40. The first-order valence-electron chi connectivity index (χ1n) is 8.61. The fourth-order valence-corrected chi connectivity index (χ4v) is 3.33. The van der Waals surface area contributed by atoms with Gasteiger partial charge in [0.1, 0.15) is 11.5 Å². The fourth-order valence-electron chi connectivity index (χ4n) is 2.99. The van der Waals surface area contributed by atoms with Gasteiger partial charge in [-0.25, -0.2) is 10.9 Å². The number of nitrogen functional groups attached to an aromatic ring is 1. The molecule has 0 saturated carbocycles. The van der Waals surface area contributed by atoms with E-state index in [0.717, 1.165) is 10.4 Å². The van der Waals surface area contributed by atoms with E-state index < -0.39 is 5.91 Å². The number of ether oxygens (including phenoxy) is 1. The molecule has 4 aromatic rings. The zero-order valence-electron chi connectivity index (χ0n) is 15.0. The summed E-state index contributed by atoms with van der Waals surface area (Å²) in [6, 6.07) is 18.9. The lowest BCUT2D eigenvalue weighted by Gasteiger charge is -2.19. The molecule has 1 heterocycles. The van der Waals surface area contributed by atoms with Gasteiger partial charge in [-0.3, -0.25) is 9.47 Å². The number of hydrogen-bond donors (Lipinski definition) is 2. The molecule has 0 aliphatic rings. The van der Waals surface area contributed by atoms with Crippen LogP contribution in [0.2, 0.25) is 10.0 Å². The molecule has 0 bridgehead atoms. The summed E-state index contributed by atoms with van der Waals surface area (Å²) in [7, 11) is 0. The number of nitrogens with zero attached hydrogens (tertiary/aromatic N) is 2. The molecule has 0 unspecified atom stereocenters. The van der Waals surface area contributed by atoms with E-state index in [4.69, 9.17) is 39.6 Å². The van der Waals surface area contributed by atoms with Gasteiger partial charge in [0.05, 0.1) is 21.8 Å². The van der Waals surface area contributed by atoms with Gasteiger partial charge in [-0.1, -0.05) is 35.3 Å². The third-order valence-electron chi connectivity index (χ3n) is 4.42. The number of carbonyl (C=O) groups excluding carboxylic acids is 1. The average molecular weight is 427 g/mol. The van der Waals surface area contributed by atoms with Gasteiger partial charge in [-0.05, 0) is 54.6 Å². The normalized spacial score (nSPS) is 10.9. The number of nitrogens with two attached hydrogens (primary N) is 2. The number of rotatable bonds is 4. The molecule has 3 aromatic carbocycles. The van der Waals surface area contributed by atoms with Crippen LogP contribution in [0.25, 0.3) is 10.9 Å². The predicted molar refractivity (Wildman–Crippen MR) is 116 cm³/mol. The van der Waals surface area contributed by atoms with Gasteiger partial charge >= 0.3 is 0 Å². The summed E-state index contributed by atoms with van der Waals surface area (Å²) in [6.45, 7) is 0. The topological polar surface area (TPSA) is 86.5 Å². The minimum atomic E-state index is -0.413. The Morgan fingerprint density at radius 1 is 1.00 bits per heavy atom. The molecule has 0 radical (unpaired) electrons. The standard InChI is InChI=1S/C21H16Cl2N4O2/c22-14-4-7-16(8-5-14)29-19-9-6-15(12-18(19)23)27(25)21(28)17-3-1-2-13-10-11-26(24)20(13)17/h1-12H,24-25H2. The molecule has 0 spiro atoms. The summed E-state index contributed by atoms with van der Waals surface area (Å²) in [5.74, 6) is 12.6. The second kappa shape index (κ2) is 7.67. The predicted octanol–water partition coefficient (Wildman–Crippen LogP) is 4.97. The molecule has 6 nitrogen and oxygen atoms in total. The van der Waals surface area contributed by atoms with E-state index in [-0.39, 0.29) is 0 Å². The van der Waals surface area contributed by atoms with Crippen molar-refractivity contribution in [2.75, 3.05) is 10.9 Å². The van der Waals surface area contributed by atoms with Crippen molar-refractivity contribution in [2.24, 2.45) is 5.84 Å². The number of benzene rings is 3. The van der Waals surface area contributed by atoms with Crippen LogP contribution in [0.1, 0.15) is 10.4 Å². The zero-order chi connectivity index (χ0) is 20.5. The third kappa shape index (κ3) is 3.73. The minimum Gasteiger partial charge on any atom is -0.456 e. The van der Waals surface area contributed by atoms with Crippen molar-refractivity contribution in [3.8, 4) is 11.5 Å². The first-order chi connectivity index (χ1) is 13.9. The highest BCUT2D eigenvalue weighted by Crippen LogP contribution is 2.33. The fraction of sp³-hybridized carbons (Fsp3) is 0. The van der Waals surface area contributed by atoms with E-state index in [1.807, 2.05) is 12.1 Å². The maximum absolute atomic E-state index is 13.0.